The van der Waals surface area contributed by atoms with Gasteiger partial charge in [0.05, 0.1) is 18.8 Å². The highest BCUT2D eigenvalue weighted by molar-refractivity contribution is 5.00. The standard InChI is InChI=1S/C13H22N4O3/c1-8(2)17-3-4-19-11(7-17)12-15-13(20-16-12)10-5-9(18)6-14-10/h8-11,14,18H,3-7H2,1-2H3/t9-,10+,11?/m1/s1. The molecular formula is C13H22N4O3. The second-order valence-corrected chi connectivity index (χ2v) is 5.79. The van der Waals surface area contributed by atoms with Gasteiger partial charge in [-0.2, -0.15) is 4.98 Å². The SMILES string of the molecule is CC(C)N1CCOC(c2noc([C@@H]3C[C@@H](O)CN3)n2)C1. The number of aromatic nitrogens is 2. The van der Waals surface area contributed by atoms with E-state index in [4.69, 9.17) is 9.26 Å². The van der Waals surface area contributed by atoms with Gasteiger partial charge in [0.1, 0.15) is 6.10 Å². The van der Waals surface area contributed by atoms with Crippen molar-refractivity contribution in [2.45, 2.75) is 44.6 Å². The van der Waals surface area contributed by atoms with Gasteiger partial charge in [0, 0.05) is 25.7 Å². The van der Waals surface area contributed by atoms with Crippen molar-refractivity contribution in [3.63, 3.8) is 0 Å². The van der Waals surface area contributed by atoms with Crippen LogP contribution in [0.15, 0.2) is 4.52 Å². The highest BCUT2D eigenvalue weighted by atomic mass is 16.5. The zero-order valence-electron chi connectivity index (χ0n) is 12.0. The number of hydrogen-bond acceptors (Lipinski definition) is 7. The first-order valence-electron chi connectivity index (χ1n) is 7.24. The Kier molecular flexibility index (Phi) is 4.02. The zero-order valence-corrected chi connectivity index (χ0v) is 12.0. The summed E-state index contributed by atoms with van der Waals surface area (Å²) in [6, 6.07) is 0.440. The molecule has 1 aromatic rings. The molecule has 0 bridgehead atoms. The van der Waals surface area contributed by atoms with Gasteiger partial charge >= 0.3 is 0 Å². The minimum Gasteiger partial charge on any atom is -0.392 e. The van der Waals surface area contributed by atoms with Crippen molar-refractivity contribution in [1.82, 2.24) is 20.4 Å². The summed E-state index contributed by atoms with van der Waals surface area (Å²) >= 11 is 0. The van der Waals surface area contributed by atoms with Crippen molar-refractivity contribution in [3.05, 3.63) is 11.7 Å². The van der Waals surface area contributed by atoms with Gasteiger partial charge in [-0.05, 0) is 20.3 Å². The molecule has 3 rings (SSSR count). The molecule has 2 aliphatic heterocycles. The van der Waals surface area contributed by atoms with Gasteiger partial charge in [-0.1, -0.05) is 5.16 Å². The predicted octanol–water partition coefficient (Wildman–Crippen LogP) is 0.247. The highest BCUT2D eigenvalue weighted by Gasteiger charge is 2.31. The van der Waals surface area contributed by atoms with Crippen LogP contribution in [0.2, 0.25) is 0 Å². The summed E-state index contributed by atoms with van der Waals surface area (Å²) in [4.78, 5) is 6.79. The maximum atomic E-state index is 9.53. The molecule has 2 fully saturated rings. The van der Waals surface area contributed by atoms with E-state index in [2.05, 4.69) is 34.2 Å². The van der Waals surface area contributed by atoms with Crippen molar-refractivity contribution < 1.29 is 14.4 Å². The average Bonchev–Trinajstić information content (AvgIpc) is 3.07. The predicted molar refractivity (Wildman–Crippen MR) is 71.1 cm³/mol. The summed E-state index contributed by atoms with van der Waals surface area (Å²) in [5.74, 6) is 1.15. The lowest BCUT2D eigenvalue weighted by Crippen LogP contribution is -2.42. The quantitative estimate of drug-likeness (QED) is 0.822. The Bertz CT molecular complexity index is 451. The minimum atomic E-state index is -0.335. The summed E-state index contributed by atoms with van der Waals surface area (Å²) in [6.45, 7) is 7.34. The van der Waals surface area contributed by atoms with Crippen LogP contribution in [0.25, 0.3) is 0 Å². The number of β-amino-alcohol motifs (C(OH)–C–C–N with tert-alkyl or cyclic N) is 1. The van der Waals surface area contributed by atoms with E-state index in [1.807, 2.05) is 0 Å². The first-order valence-corrected chi connectivity index (χ1v) is 7.24. The molecule has 3 atom stereocenters. The fraction of sp³-hybridized carbons (Fsp3) is 0.846. The Hall–Kier alpha value is -1.02. The van der Waals surface area contributed by atoms with Crippen molar-refractivity contribution in [1.29, 1.82) is 0 Å². The van der Waals surface area contributed by atoms with Gasteiger partial charge in [0.25, 0.3) is 0 Å². The summed E-state index contributed by atoms with van der Waals surface area (Å²) in [7, 11) is 0. The maximum Gasteiger partial charge on any atom is 0.243 e. The summed E-state index contributed by atoms with van der Waals surface area (Å²) < 4.78 is 11.1. The van der Waals surface area contributed by atoms with Crippen LogP contribution in [0.3, 0.4) is 0 Å². The summed E-state index contributed by atoms with van der Waals surface area (Å²) in [5.41, 5.74) is 0. The highest BCUT2D eigenvalue weighted by Crippen LogP contribution is 2.25. The van der Waals surface area contributed by atoms with E-state index >= 15 is 0 Å². The van der Waals surface area contributed by atoms with E-state index in [9.17, 15) is 5.11 Å². The monoisotopic (exact) mass is 282 g/mol. The van der Waals surface area contributed by atoms with E-state index in [1.165, 1.54) is 0 Å². The maximum absolute atomic E-state index is 9.53. The molecule has 3 heterocycles. The Morgan fingerprint density at radius 2 is 2.30 bits per heavy atom. The van der Waals surface area contributed by atoms with Crippen LogP contribution in [0.5, 0.6) is 0 Å². The fourth-order valence-electron chi connectivity index (χ4n) is 2.72. The van der Waals surface area contributed by atoms with E-state index in [1.54, 1.807) is 0 Å². The Morgan fingerprint density at radius 1 is 1.45 bits per heavy atom. The fourth-order valence-corrected chi connectivity index (χ4v) is 2.72. The van der Waals surface area contributed by atoms with Crippen molar-refractivity contribution in [2.24, 2.45) is 0 Å². The molecule has 0 saturated carbocycles. The number of ether oxygens (including phenoxy) is 1. The third-order valence-corrected chi connectivity index (χ3v) is 3.98. The number of aliphatic hydroxyl groups is 1. The zero-order chi connectivity index (χ0) is 14.1. The van der Waals surface area contributed by atoms with Crippen LogP contribution in [-0.2, 0) is 4.74 Å². The molecule has 0 radical (unpaired) electrons. The lowest BCUT2D eigenvalue weighted by atomic mass is 10.2. The smallest absolute Gasteiger partial charge is 0.243 e. The third-order valence-electron chi connectivity index (χ3n) is 3.98. The normalized spacial score (nSPS) is 32.1. The van der Waals surface area contributed by atoms with Gasteiger partial charge in [0.15, 0.2) is 0 Å². The number of nitrogens with one attached hydrogen (secondary N) is 1. The molecule has 2 saturated heterocycles. The van der Waals surface area contributed by atoms with E-state index < -0.39 is 0 Å². The first-order chi connectivity index (χ1) is 9.63. The topological polar surface area (TPSA) is 83.7 Å². The van der Waals surface area contributed by atoms with Gasteiger partial charge in [-0.25, -0.2) is 0 Å². The molecule has 7 nitrogen and oxygen atoms in total. The molecule has 1 aromatic heterocycles. The summed E-state index contributed by atoms with van der Waals surface area (Å²) in [5, 5.41) is 16.7. The largest absolute Gasteiger partial charge is 0.392 e. The first kappa shape index (κ1) is 13.9. The lowest BCUT2D eigenvalue weighted by molar-refractivity contribution is -0.0450. The second kappa shape index (κ2) is 5.77. The Morgan fingerprint density at radius 3 is 3.00 bits per heavy atom. The van der Waals surface area contributed by atoms with E-state index in [0.717, 1.165) is 13.1 Å². The van der Waals surface area contributed by atoms with Crippen LogP contribution in [0, 0.1) is 0 Å². The van der Waals surface area contributed by atoms with Crippen LogP contribution < -0.4 is 5.32 Å². The molecule has 0 aromatic carbocycles. The van der Waals surface area contributed by atoms with Crippen LogP contribution in [-0.4, -0.2) is 58.5 Å². The van der Waals surface area contributed by atoms with Gasteiger partial charge < -0.3 is 19.7 Å². The molecular weight excluding hydrogens is 260 g/mol. The number of nitrogens with zero attached hydrogens (tertiary/aromatic N) is 3. The van der Waals surface area contributed by atoms with Crippen molar-refractivity contribution in [2.75, 3.05) is 26.2 Å². The summed E-state index contributed by atoms with van der Waals surface area (Å²) in [6.07, 6.45) is 0.151. The molecule has 112 valence electrons. The lowest BCUT2D eigenvalue weighted by Gasteiger charge is -2.34. The Balaban J connectivity index is 1.67. The number of morpholine rings is 1. The van der Waals surface area contributed by atoms with Crippen LogP contribution in [0.4, 0.5) is 0 Å². The number of rotatable bonds is 3. The molecule has 0 spiro atoms. The molecule has 2 aliphatic rings. The molecule has 2 N–H and O–H groups in total. The third kappa shape index (κ3) is 2.85. The van der Waals surface area contributed by atoms with Gasteiger partial charge in [-0.3, -0.25) is 4.90 Å². The molecule has 0 aliphatic carbocycles. The van der Waals surface area contributed by atoms with Crippen LogP contribution >= 0.6 is 0 Å². The second-order valence-electron chi connectivity index (χ2n) is 5.79. The molecule has 7 heteroatoms. The van der Waals surface area contributed by atoms with Crippen LogP contribution in [0.1, 0.15) is 44.1 Å². The van der Waals surface area contributed by atoms with Crippen molar-refractivity contribution in [3.8, 4) is 0 Å². The van der Waals surface area contributed by atoms with Crippen molar-refractivity contribution >= 4 is 0 Å². The Labute approximate surface area is 118 Å². The minimum absolute atomic E-state index is 0.0453. The molecule has 0 amide bonds. The molecule has 20 heavy (non-hydrogen) atoms. The number of aliphatic hydroxyl groups excluding tert-OH is 1. The van der Waals surface area contributed by atoms with Gasteiger partial charge in [-0.15, -0.1) is 0 Å². The molecule has 1 unspecified atom stereocenters. The van der Waals surface area contributed by atoms with E-state index in [-0.39, 0.29) is 18.2 Å². The van der Waals surface area contributed by atoms with E-state index in [0.29, 0.717) is 37.3 Å². The van der Waals surface area contributed by atoms with Gasteiger partial charge in [0.2, 0.25) is 11.7 Å². The number of hydrogen-bond donors (Lipinski definition) is 2. The average molecular weight is 282 g/mol.